The van der Waals surface area contributed by atoms with Gasteiger partial charge in [-0.15, -0.1) is 0 Å². The van der Waals surface area contributed by atoms with Gasteiger partial charge in [0.15, 0.2) is 0 Å². The summed E-state index contributed by atoms with van der Waals surface area (Å²) in [6, 6.07) is 6.33. The molecule has 2 aromatic heterocycles. The Bertz CT molecular complexity index is 1080. The Morgan fingerprint density at radius 3 is 2.69 bits per heavy atom. The van der Waals surface area contributed by atoms with Gasteiger partial charge in [0.2, 0.25) is 5.78 Å². The van der Waals surface area contributed by atoms with Gasteiger partial charge in [0.25, 0.3) is 5.91 Å². The van der Waals surface area contributed by atoms with Crippen LogP contribution in [0.1, 0.15) is 43.8 Å². The Morgan fingerprint density at radius 2 is 1.93 bits per heavy atom. The average molecular weight is 391 g/mol. The summed E-state index contributed by atoms with van der Waals surface area (Å²) >= 11 is 0. The number of aromatic amines is 2. The SMILES string of the molecule is O=C1C(=O)N(c2ccc3nc[nH]c3c2)C(c2ccn[nH]2)C1C(=O)C1CCCCC1. The first-order chi connectivity index (χ1) is 14.1. The first-order valence-electron chi connectivity index (χ1n) is 9.98. The fourth-order valence-electron chi connectivity index (χ4n) is 4.70. The zero-order valence-corrected chi connectivity index (χ0v) is 15.8. The maximum atomic E-state index is 13.4. The number of nitrogens with one attached hydrogen (secondary N) is 2. The number of benzene rings is 1. The summed E-state index contributed by atoms with van der Waals surface area (Å²) in [4.78, 5) is 48.1. The predicted octanol–water partition coefficient (Wildman–Crippen LogP) is 2.71. The van der Waals surface area contributed by atoms with E-state index in [4.69, 9.17) is 0 Å². The van der Waals surface area contributed by atoms with Crippen molar-refractivity contribution in [3.63, 3.8) is 0 Å². The summed E-state index contributed by atoms with van der Waals surface area (Å²) < 4.78 is 0. The number of amides is 1. The van der Waals surface area contributed by atoms with E-state index >= 15 is 0 Å². The normalized spacial score (nSPS) is 23.2. The molecule has 29 heavy (non-hydrogen) atoms. The Kier molecular flexibility index (Phi) is 4.26. The Hall–Kier alpha value is -3.29. The highest BCUT2D eigenvalue weighted by atomic mass is 16.2. The number of rotatable bonds is 4. The van der Waals surface area contributed by atoms with Crippen molar-refractivity contribution in [2.24, 2.45) is 11.8 Å². The number of H-pyrrole nitrogens is 2. The lowest BCUT2D eigenvalue weighted by atomic mass is 9.78. The molecule has 1 aliphatic heterocycles. The second kappa shape index (κ2) is 6.95. The van der Waals surface area contributed by atoms with Gasteiger partial charge in [0.05, 0.1) is 29.1 Å². The van der Waals surface area contributed by atoms with E-state index in [-0.39, 0.29) is 11.7 Å². The highest BCUT2D eigenvalue weighted by Gasteiger charge is 2.53. The van der Waals surface area contributed by atoms with Gasteiger partial charge in [-0.05, 0) is 37.1 Å². The van der Waals surface area contributed by atoms with E-state index in [0.717, 1.165) is 43.1 Å². The molecule has 3 heterocycles. The molecule has 1 saturated heterocycles. The average Bonchev–Trinajstić information content (AvgIpc) is 3.48. The zero-order valence-electron chi connectivity index (χ0n) is 15.8. The number of carbonyl (C=O) groups is 3. The molecule has 1 aromatic carbocycles. The predicted molar refractivity (Wildman–Crippen MR) is 105 cm³/mol. The highest BCUT2D eigenvalue weighted by molar-refractivity contribution is 6.48. The minimum Gasteiger partial charge on any atom is -0.345 e. The van der Waals surface area contributed by atoms with Gasteiger partial charge >= 0.3 is 0 Å². The summed E-state index contributed by atoms with van der Waals surface area (Å²) in [5, 5.41) is 6.86. The van der Waals surface area contributed by atoms with E-state index in [1.165, 1.54) is 4.90 Å². The molecule has 2 fully saturated rings. The van der Waals surface area contributed by atoms with Crippen molar-refractivity contribution >= 4 is 34.2 Å². The zero-order chi connectivity index (χ0) is 20.0. The van der Waals surface area contributed by atoms with E-state index in [0.29, 0.717) is 11.4 Å². The molecular formula is C21H21N5O3. The molecule has 8 nitrogen and oxygen atoms in total. The summed E-state index contributed by atoms with van der Waals surface area (Å²) in [6.45, 7) is 0. The van der Waals surface area contributed by atoms with Crippen LogP contribution in [0.5, 0.6) is 0 Å². The highest BCUT2D eigenvalue weighted by Crippen LogP contribution is 2.42. The first-order valence-corrected chi connectivity index (χ1v) is 9.98. The van der Waals surface area contributed by atoms with Gasteiger partial charge in [-0.1, -0.05) is 19.3 Å². The molecule has 1 saturated carbocycles. The third-order valence-corrected chi connectivity index (χ3v) is 6.14. The van der Waals surface area contributed by atoms with Crippen LogP contribution in [-0.2, 0) is 14.4 Å². The Morgan fingerprint density at radius 1 is 1.10 bits per heavy atom. The Labute approximate surface area is 166 Å². The number of nitrogens with zero attached hydrogens (tertiary/aromatic N) is 3. The molecule has 3 aromatic rings. The topological polar surface area (TPSA) is 112 Å². The van der Waals surface area contributed by atoms with Crippen LogP contribution in [0.3, 0.4) is 0 Å². The molecule has 8 heteroatoms. The van der Waals surface area contributed by atoms with Crippen molar-refractivity contribution in [1.29, 1.82) is 0 Å². The molecular weight excluding hydrogens is 370 g/mol. The van der Waals surface area contributed by atoms with Gasteiger partial charge in [-0.25, -0.2) is 4.98 Å². The van der Waals surface area contributed by atoms with Crippen LogP contribution in [0.25, 0.3) is 11.0 Å². The molecule has 0 spiro atoms. The monoisotopic (exact) mass is 391 g/mol. The fraction of sp³-hybridized carbons (Fsp3) is 0.381. The van der Waals surface area contributed by atoms with Crippen LogP contribution in [-0.4, -0.2) is 37.6 Å². The lowest BCUT2D eigenvalue weighted by Gasteiger charge is -2.28. The quantitative estimate of drug-likeness (QED) is 0.525. The van der Waals surface area contributed by atoms with Crippen molar-refractivity contribution in [3.05, 3.63) is 42.5 Å². The number of carbonyl (C=O) groups excluding carboxylic acids is 3. The second-order valence-electron chi connectivity index (χ2n) is 7.82. The molecule has 1 aliphatic carbocycles. The van der Waals surface area contributed by atoms with E-state index in [1.807, 2.05) is 0 Å². The van der Waals surface area contributed by atoms with Crippen molar-refractivity contribution in [2.45, 2.75) is 38.1 Å². The van der Waals surface area contributed by atoms with Gasteiger partial charge in [0, 0.05) is 17.8 Å². The molecule has 0 bridgehead atoms. The molecule has 5 rings (SSSR count). The standard InChI is InChI=1S/C21H21N5O3/c27-19(12-4-2-1-3-5-12)17-18(15-8-9-24-25-15)26(21(29)20(17)28)13-6-7-14-16(10-13)23-11-22-14/h6-12,17-18H,1-5H2,(H,22,23)(H,24,25). The number of hydrogen-bond acceptors (Lipinski definition) is 5. The molecule has 2 N–H and O–H groups in total. The van der Waals surface area contributed by atoms with E-state index in [9.17, 15) is 14.4 Å². The molecule has 2 aliphatic rings. The maximum absolute atomic E-state index is 13.4. The Balaban J connectivity index is 1.59. The first kappa shape index (κ1) is 17.8. The molecule has 2 unspecified atom stereocenters. The molecule has 1 amide bonds. The summed E-state index contributed by atoms with van der Waals surface area (Å²) in [5.74, 6) is -2.58. The largest absolute Gasteiger partial charge is 0.345 e. The lowest BCUT2D eigenvalue weighted by Crippen LogP contribution is -2.34. The minimum atomic E-state index is -1.01. The van der Waals surface area contributed by atoms with Crippen LogP contribution in [0, 0.1) is 11.8 Å². The number of anilines is 1. The third-order valence-electron chi connectivity index (χ3n) is 6.14. The van der Waals surface area contributed by atoms with Gasteiger partial charge in [-0.3, -0.25) is 24.4 Å². The molecule has 148 valence electrons. The fourth-order valence-corrected chi connectivity index (χ4v) is 4.70. The van der Waals surface area contributed by atoms with Gasteiger partial charge in [0.1, 0.15) is 11.7 Å². The van der Waals surface area contributed by atoms with Crippen molar-refractivity contribution in [2.75, 3.05) is 4.90 Å². The molecule has 2 atom stereocenters. The van der Waals surface area contributed by atoms with Gasteiger partial charge in [-0.2, -0.15) is 5.10 Å². The third kappa shape index (κ3) is 2.86. The summed E-state index contributed by atoms with van der Waals surface area (Å²) in [5.41, 5.74) is 2.66. The number of fused-ring (bicyclic) bond motifs is 1. The number of imidazole rings is 1. The van der Waals surface area contributed by atoms with E-state index in [2.05, 4.69) is 20.2 Å². The number of Topliss-reactive ketones (excluding diaryl/α,β-unsaturated/α-hetero) is 2. The van der Waals surface area contributed by atoms with Crippen molar-refractivity contribution in [3.8, 4) is 0 Å². The number of aromatic nitrogens is 4. The van der Waals surface area contributed by atoms with Crippen LogP contribution in [0.2, 0.25) is 0 Å². The summed E-state index contributed by atoms with van der Waals surface area (Å²) in [6.07, 6.45) is 7.80. The maximum Gasteiger partial charge on any atom is 0.295 e. The lowest BCUT2D eigenvalue weighted by molar-refractivity contribution is -0.140. The number of hydrogen-bond donors (Lipinski definition) is 2. The smallest absolute Gasteiger partial charge is 0.295 e. The van der Waals surface area contributed by atoms with Crippen LogP contribution < -0.4 is 4.90 Å². The van der Waals surface area contributed by atoms with Crippen LogP contribution in [0.4, 0.5) is 5.69 Å². The van der Waals surface area contributed by atoms with Crippen molar-refractivity contribution in [1.82, 2.24) is 20.2 Å². The van der Waals surface area contributed by atoms with E-state index < -0.39 is 23.7 Å². The van der Waals surface area contributed by atoms with Crippen LogP contribution >= 0.6 is 0 Å². The second-order valence-corrected chi connectivity index (χ2v) is 7.82. The van der Waals surface area contributed by atoms with Crippen LogP contribution in [0.15, 0.2) is 36.8 Å². The minimum absolute atomic E-state index is 0.118. The van der Waals surface area contributed by atoms with Gasteiger partial charge < -0.3 is 4.98 Å². The number of ketones is 2. The summed E-state index contributed by atoms with van der Waals surface area (Å²) in [7, 11) is 0. The molecule has 0 radical (unpaired) electrons. The van der Waals surface area contributed by atoms with E-state index in [1.54, 1.807) is 36.8 Å². The van der Waals surface area contributed by atoms with Crippen molar-refractivity contribution < 1.29 is 14.4 Å².